The second-order valence-corrected chi connectivity index (χ2v) is 5.58. The highest BCUT2D eigenvalue weighted by atomic mass is 16.5. The summed E-state index contributed by atoms with van der Waals surface area (Å²) in [6.45, 7) is 5.00. The summed E-state index contributed by atoms with van der Waals surface area (Å²) in [7, 11) is 0. The second-order valence-electron chi connectivity index (χ2n) is 5.58. The fraction of sp³-hybridized carbons (Fsp3) is 0.211. The Bertz CT molecular complexity index is 748. The minimum absolute atomic E-state index is 0.467. The maximum atomic E-state index is 5.80. The number of hydrogen-bond acceptors (Lipinski definition) is 5. The summed E-state index contributed by atoms with van der Waals surface area (Å²) in [5, 5.41) is 3.93. The summed E-state index contributed by atoms with van der Waals surface area (Å²) < 4.78 is 10.9. The van der Waals surface area contributed by atoms with Gasteiger partial charge in [0.2, 0.25) is 0 Å². The van der Waals surface area contributed by atoms with Crippen LogP contribution in [0.15, 0.2) is 59.1 Å². The van der Waals surface area contributed by atoms with Gasteiger partial charge in [-0.3, -0.25) is 0 Å². The summed E-state index contributed by atoms with van der Waals surface area (Å²) in [5.74, 6) is 1.63. The van der Waals surface area contributed by atoms with Crippen molar-refractivity contribution < 1.29 is 9.26 Å². The molecule has 0 spiro atoms. The summed E-state index contributed by atoms with van der Waals surface area (Å²) in [4.78, 5) is 0. The number of ether oxygens (including phenoxy) is 1. The molecule has 5 heteroatoms. The van der Waals surface area contributed by atoms with E-state index in [-0.39, 0.29) is 0 Å². The molecule has 0 saturated carbocycles. The lowest BCUT2D eigenvalue weighted by Gasteiger charge is -2.09. The van der Waals surface area contributed by atoms with Crippen molar-refractivity contribution in [2.75, 3.05) is 5.43 Å². The topological polar surface area (TPSA) is 59.3 Å². The average molecular weight is 323 g/mol. The van der Waals surface area contributed by atoms with Crippen LogP contribution in [0.25, 0.3) is 0 Å². The van der Waals surface area contributed by atoms with Gasteiger partial charge < -0.3 is 14.7 Å². The number of aryl methyl sites for hydroxylation is 2. The molecule has 3 aromatic rings. The average Bonchev–Trinajstić information content (AvgIpc) is 2.93. The molecule has 0 radical (unpaired) electrons. The van der Waals surface area contributed by atoms with E-state index < -0.39 is 0 Å². The first-order valence-corrected chi connectivity index (χ1v) is 7.90. The molecule has 0 aliphatic carbocycles. The van der Waals surface area contributed by atoms with Crippen LogP contribution < -0.4 is 15.6 Å². The predicted octanol–water partition coefficient (Wildman–Crippen LogP) is 3.99. The molecular weight excluding hydrogens is 302 g/mol. The first-order chi connectivity index (χ1) is 11.7. The highest BCUT2D eigenvalue weighted by Gasteiger charge is 2.09. The maximum Gasteiger partial charge on any atom is 0.140 e. The van der Waals surface area contributed by atoms with Crippen molar-refractivity contribution >= 4 is 5.69 Å². The highest BCUT2D eigenvalue weighted by Crippen LogP contribution is 2.18. The molecule has 24 heavy (non-hydrogen) atoms. The summed E-state index contributed by atoms with van der Waals surface area (Å²) in [6, 6.07) is 18.0. The van der Waals surface area contributed by atoms with Crippen molar-refractivity contribution in [1.29, 1.82) is 0 Å². The van der Waals surface area contributed by atoms with E-state index in [2.05, 4.69) is 16.0 Å². The van der Waals surface area contributed by atoms with Gasteiger partial charge in [0.1, 0.15) is 18.1 Å². The fourth-order valence-corrected chi connectivity index (χ4v) is 2.34. The number of anilines is 1. The lowest BCUT2D eigenvalue weighted by molar-refractivity contribution is 0.301. The smallest absolute Gasteiger partial charge is 0.140 e. The molecule has 5 nitrogen and oxygen atoms in total. The third-order valence-electron chi connectivity index (χ3n) is 3.79. The van der Waals surface area contributed by atoms with Crippen molar-refractivity contribution in [2.45, 2.75) is 27.0 Å². The van der Waals surface area contributed by atoms with Gasteiger partial charge in [-0.2, -0.15) is 0 Å². The van der Waals surface area contributed by atoms with E-state index in [1.165, 1.54) is 5.56 Å². The van der Waals surface area contributed by atoms with Gasteiger partial charge in [-0.15, -0.1) is 0 Å². The van der Waals surface area contributed by atoms with Gasteiger partial charge in [0, 0.05) is 12.2 Å². The normalized spacial score (nSPS) is 10.6. The largest absolute Gasteiger partial charge is 0.489 e. The van der Waals surface area contributed by atoms with E-state index >= 15 is 0 Å². The number of benzene rings is 2. The van der Waals surface area contributed by atoms with Gasteiger partial charge in [-0.25, -0.2) is 5.43 Å². The van der Waals surface area contributed by atoms with Gasteiger partial charge in [0.05, 0.1) is 11.3 Å². The number of aromatic nitrogens is 1. The lowest BCUT2D eigenvalue weighted by Crippen LogP contribution is -2.20. The Morgan fingerprint density at radius 3 is 2.42 bits per heavy atom. The van der Waals surface area contributed by atoms with Crippen molar-refractivity contribution in [1.82, 2.24) is 10.6 Å². The number of hydrogen-bond donors (Lipinski definition) is 2. The summed E-state index contributed by atoms with van der Waals surface area (Å²) in [6.07, 6.45) is 0. The molecule has 1 aromatic heterocycles. The van der Waals surface area contributed by atoms with E-state index in [4.69, 9.17) is 9.26 Å². The Kier molecular flexibility index (Phi) is 5.13. The molecule has 0 aliphatic heterocycles. The Morgan fingerprint density at radius 2 is 1.75 bits per heavy atom. The molecule has 1 heterocycles. The molecule has 0 saturated heterocycles. The Labute approximate surface area is 141 Å². The SMILES string of the molecule is Cc1noc(C)c1COc1ccc(CNNc2ccccc2)cc1. The van der Waals surface area contributed by atoms with E-state index in [0.717, 1.165) is 35.0 Å². The van der Waals surface area contributed by atoms with Crippen LogP contribution in [0.5, 0.6) is 5.75 Å². The number of para-hydroxylation sites is 1. The summed E-state index contributed by atoms with van der Waals surface area (Å²) in [5.41, 5.74) is 10.5. The number of hydrazine groups is 1. The van der Waals surface area contributed by atoms with Gasteiger partial charge in [-0.05, 0) is 43.7 Å². The molecule has 0 amide bonds. The van der Waals surface area contributed by atoms with Crippen LogP contribution in [-0.4, -0.2) is 5.16 Å². The zero-order valence-electron chi connectivity index (χ0n) is 13.9. The standard InChI is InChI=1S/C19H21N3O2/c1-14-19(15(2)24-22-14)13-23-18-10-8-16(9-11-18)12-20-21-17-6-4-3-5-7-17/h3-11,20-21H,12-13H2,1-2H3. The van der Waals surface area contributed by atoms with Crippen LogP contribution in [0.2, 0.25) is 0 Å². The first kappa shape index (κ1) is 16.1. The van der Waals surface area contributed by atoms with Crippen molar-refractivity contribution in [3.05, 3.63) is 77.2 Å². The predicted molar refractivity (Wildman–Crippen MR) is 93.7 cm³/mol. The van der Waals surface area contributed by atoms with Crippen LogP contribution in [-0.2, 0) is 13.2 Å². The first-order valence-electron chi connectivity index (χ1n) is 7.90. The molecule has 0 atom stereocenters. The Balaban J connectivity index is 1.48. The van der Waals surface area contributed by atoms with Crippen LogP contribution in [0.1, 0.15) is 22.6 Å². The van der Waals surface area contributed by atoms with Crippen LogP contribution in [0.4, 0.5) is 5.69 Å². The van der Waals surface area contributed by atoms with Gasteiger partial charge in [0.15, 0.2) is 0 Å². The van der Waals surface area contributed by atoms with E-state index in [9.17, 15) is 0 Å². The molecule has 0 unspecified atom stereocenters. The number of nitrogens with one attached hydrogen (secondary N) is 2. The van der Waals surface area contributed by atoms with Crippen LogP contribution in [0.3, 0.4) is 0 Å². The zero-order chi connectivity index (χ0) is 16.8. The van der Waals surface area contributed by atoms with Crippen molar-refractivity contribution in [3.8, 4) is 5.75 Å². The van der Waals surface area contributed by atoms with E-state index in [1.54, 1.807) is 0 Å². The monoisotopic (exact) mass is 323 g/mol. The number of nitrogens with zero attached hydrogens (tertiary/aromatic N) is 1. The Morgan fingerprint density at radius 1 is 1.00 bits per heavy atom. The van der Waals surface area contributed by atoms with Gasteiger partial charge >= 0.3 is 0 Å². The molecule has 2 N–H and O–H groups in total. The van der Waals surface area contributed by atoms with E-state index in [0.29, 0.717) is 6.61 Å². The molecule has 0 aliphatic rings. The third kappa shape index (κ3) is 4.14. The van der Waals surface area contributed by atoms with Crippen LogP contribution >= 0.6 is 0 Å². The molecule has 0 bridgehead atoms. The quantitative estimate of drug-likeness (QED) is 0.644. The number of rotatable bonds is 7. The van der Waals surface area contributed by atoms with Gasteiger partial charge in [0.25, 0.3) is 0 Å². The fourth-order valence-electron chi connectivity index (χ4n) is 2.34. The Hall–Kier alpha value is -2.79. The van der Waals surface area contributed by atoms with E-state index in [1.807, 2.05) is 68.4 Å². The maximum absolute atomic E-state index is 5.80. The molecular formula is C19H21N3O2. The van der Waals surface area contributed by atoms with Gasteiger partial charge in [-0.1, -0.05) is 35.5 Å². The van der Waals surface area contributed by atoms with Crippen LogP contribution in [0, 0.1) is 13.8 Å². The molecule has 124 valence electrons. The summed E-state index contributed by atoms with van der Waals surface area (Å²) >= 11 is 0. The second kappa shape index (κ2) is 7.66. The van der Waals surface area contributed by atoms with Crippen molar-refractivity contribution in [2.24, 2.45) is 0 Å². The lowest BCUT2D eigenvalue weighted by atomic mass is 10.2. The molecule has 2 aromatic carbocycles. The minimum atomic E-state index is 0.467. The third-order valence-corrected chi connectivity index (χ3v) is 3.79. The molecule has 3 rings (SSSR count). The highest BCUT2D eigenvalue weighted by molar-refractivity contribution is 5.41. The zero-order valence-corrected chi connectivity index (χ0v) is 13.9. The molecule has 0 fully saturated rings. The minimum Gasteiger partial charge on any atom is -0.489 e. The van der Waals surface area contributed by atoms with Crippen molar-refractivity contribution in [3.63, 3.8) is 0 Å².